The van der Waals surface area contributed by atoms with Crippen molar-refractivity contribution in [1.82, 2.24) is 0 Å². The van der Waals surface area contributed by atoms with Crippen LogP contribution in [-0.2, 0) is 6.42 Å². The first kappa shape index (κ1) is 16.9. The third-order valence-corrected chi connectivity index (χ3v) is 4.21. The van der Waals surface area contributed by atoms with Crippen molar-refractivity contribution in [3.63, 3.8) is 0 Å². The molecule has 2 aromatic rings. The van der Waals surface area contributed by atoms with E-state index in [2.05, 4.69) is 0 Å². The first-order valence-electron chi connectivity index (χ1n) is 8.28. The summed E-state index contributed by atoms with van der Waals surface area (Å²) in [5.74, 6) is 1.40. The molecule has 5 nitrogen and oxygen atoms in total. The predicted molar refractivity (Wildman–Crippen MR) is 98.5 cm³/mol. The van der Waals surface area contributed by atoms with Crippen molar-refractivity contribution in [2.45, 2.75) is 20.3 Å². The third kappa shape index (κ3) is 3.31. The van der Waals surface area contributed by atoms with Gasteiger partial charge in [0.15, 0.2) is 11.5 Å². The molecule has 2 aromatic carbocycles. The van der Waals surface area contributed by atoms with Crippen molar-refractivity contribution in [1.29, 1.82) is 5.41 Å². The third-order valence-electron chi connectivity index (χ3n) is 4.21. The lowest BCUT2D eigenvalue weighted by molar-refractivity contribution is 0.171. The Kier molecular flexibility index (Phi) is 4.65. The molecule has 0 aliphatic carbocycles. The van der Waals surface area contributed by atoms with Crippen LogP contribution in [0.2, 0.25) is 0 Å². The molecule has 5 heteroatoms. The monoisotopic (exact) mass is 338 g/mol. The second-order valence-electron chi connectivity index (χ2n) is 6.00. The molecule has 0 amide bonds. The fraction of sp³-hybridized carbons (Fsp3) is 0.250. The highest BCUT2D eigenvalue weighted by Crippen LogP contribution is 2.35. The molecular formula is C20H22N2O3. The van der Waals surface area contributed by atoms with Gasteiger partial charge in [0, 0.05) is 16.8 Å². The number of hydrogen-bond donors (Lipinski definition) is 3. The molecule has 1 aliphatic heterocycles. The van der Waals surface area contributed by atoms with Gasteiger partial charge in [0.05, 0.1) is 5.71 Å². The molecule has 3 rings (SSSR count). The van der Waals surface area contributed by atoms with Gasteiger partial charge < -0.3 is 20.3 Å². The van der Waals surface area contributed by atoms with E-state index in [0.717, 1.165) is 17.5 Å². The average molecular weight is 338 g/mol. The van der Waals surface area contributed by atoms with Crippen LogP contribution in [0.5, 0.6) is 17.2 Å². The molecule has 25 heavy (non-hydrogen) atoms. The smallest absolute Gasteiger partial charge is 0.161 e. The van der Waals surface area contributed by atoms with Crippen LogP contribution in [0.3, 0.4) is 0 Å². The maximum atomic E-state index is 10.2. The van der Waals surface area contributed by atoms with Crippen molar-refractivity contribution in [3.8, 4) is 17.2 Å². The minimum absolute atomic E-state index is 0.0680. The lowest BCUT2D eigenvalue weighted by Crippen LogP contribution is -2.16. The zero-order chi connectivity index (χ0) is 18.0. The number of ether oxygens (including phenoxy) is 2. The predicted octanol–water partition coefficient (Wildman–Crippen LogP) is 3.48. The van der Waals surface area contributed by atoms with E-state index in [1.165, 1.54) is 0 Å². The van der Waals surface area contributed by atoms with Gasteiger partial charge in [-0.2, -0.15) is 0 Å². The lowest BCUT2D eigenvalue weighted by atomic mass is 9.92. The largest absolute Gasteiger partial charge is 0.507 e. The summed E-state index contributed by atoms with van der Waals surface area (Å²) in [6.07, 6.45) is 0.825. The Morgan fingerprint density at radius 3 is 2.52 bits per heavy atom. The SMILES string of the molecule is CCc1ccc(O)c(C(=N)/C(=C(/C)N)c2ccc3c(c2)OCCO3)c1. The van der Waals surface area contributed by atoms with Gasteiger partial charge in [-0.15, -0.1) is 0 Å². The van der Waals surface area contributed by atoms with Crippen LogP contribution in [0.4, 0.5) is 0 Å². The van der Waals surface area contributed by atoms with E-state index in [0.29, 0.717) is 41.5 Å². The number of fused-ring (bicyclic) bond motifs is 1. The maximum absolute atomic E-state index is 10.2. The van der Waals surface area contributed by atoms with E-state index < -0.39 is 0 Å². The van der Waals surface area contributed by atoms with Crippen LogP contribution < -0.4 is 15.2 Å². The quantitative estimate of drug-likeness (QED) is 0.745. The topological polar surface area (TPSA) is 88.6 Å². The maximum Gasteiger partial charge on any atom is 0.161 e. The molecule has 0 aromatic heterocycles. The number of hydrogen-bond acceptors (Lipinski definition) is 5. The van der Waals surface area contributed by atoms with Gasteiger partial charge in [-0.1, -0.05) is 19.1 Å². The van der Waals surface area contributed by atoms with Gasteiger partial charge in [0.1, 0.15) is 19.0 Å². The number of nitrogens with one attached hydrogen (secondary N) is 1. The average Bonchev–Trinajstić information content (AvgIpc) is 2.61. The molecule has 130 valence electrons. The number of nitrogens with two attached hydrogens (primary N) is 1. The van der Waals surface area contributed by atoms with Crippen LogP contribution >= 0.6 is 0 Å². The molecule has 0 saturated heterocycles. The molecule has 0 unspecified atom stereocenters. The first-order chi connectivity index (χ1) is 12.0. The summed E-state index contributed by atoms with van der Waals surface area (Å²) in [6, 6.07) is 10.8. The Morgan fingerprint density at radius 2 is 1.84 bits per heavy atom. The zero-order valence-corrected chi connectivity index (χ0v) is 14.4. The van der Waals surface area contributed by atoms with E-state index in [-0.39, 0.29) is 11.5 Å². The number of phenolic OH excluding ortho intramolecular Hbond substituents is 1. The number of rotatable bonds is 4. The molecule has 1 aliphatic rings. The van der Waals surface area contributed by atoms with Gasteiger partial charge >= 0.3 is 0 Å². The summed E-state index contributed by atoms with van der Waals surface area (Å²) >= 11 is 0. The van der Waals surface area contributed by atoms with Crippen molar-refractivity contribution in [2.75, 3.05) is 13.2 Å². The molecule has 0 fully saturated rings. The van der Waals surface area contributed by atoms with E-state index in [1.807, 2.05) is 37.3 Å². The molecular weight excluding hydrogens is 316 g/mol. The molecule has 4 N–H and O–H groups in total. The summed E-state index contributed by atoms with van der Waals surface area (Å²) in [5.41, 5.74) is 9.62. The Morgan fingerprint density at radius 1 is 1.12 bits per heavy atom. The highest BCUT2D eigenvalue weighted by Gasteiger charge is 2.19. The van der Waals surface area contributed by atoms with Crippen LogP contribution in [0.15, 0.2) is 42.1 Å². The lowest BCUT2D eigenvalue weighted by Gasteiger charge is -2.20. The van der Waals surface area contributed by atoms with E-state index in [4.69, 9.17) is 20.6 Å². The summed E-state index contributed by atoms with van der Waals surface area (Å²) in [6.45, 7) is 4.80. The van der Waals surface area contributed by atoms with E-state index in [9.17, 15) is 5.11 Å². The summed E-state index contributed by atoms with van der Waals surface area (Å²) < 4.78 is 11.2. The molecule has 0 atom stereocenters. The number of benzene rings is 2. The number of allylic oxidation sites excluding steroid dienone is 2. The minimum atomic E-state index is 0.0680. The molecule has 0 radical (unpaired) electrons. The van der Waals surface area contributed by atoms with Gasteiger partial charge in [0.25, 0.3) is 0 Å². The Balaban J connectivity index is 2.06. The van der Waals surface area contributed by atoms with Gasteiger partial charge in [-0.05, 0) is 48.7 Å². The highest BCUT2D eigenvalue weighted by atomic mass is 16.6. The highest BCUT2D eigenvalue weighted by molar-refractivity contribution is 6.31. The van der Waals surface area contributed by atoms with Crippen molar-refractivity contribution < 1.29 is 14.6 Å². The first-order valence-corrected chi connectivity index (χ1v) is 8.28. The number of aryl methyl sites for hydroxylation is 1. The fourth-order valence-electron chi connectivity index (χ4n) is 2.91. The van der Waals surface area contributed by atoms with E-state index >= 15 is 0 Å². The van der Waals surface area contributed by atoms with Crippen LogP contribution in [0, 0.1) is 5.41 Å². The standard InChI is InChI=1S/C20H22N2O3/c1-3-13-4-6-16(23)15(10-13)20(22)19(12(2)21)14-5-7-17-18(11-14)25-9-8-24-17/h4-7,10-11,22-23H,3,8-9,21H2,1-2H3/b19-12-,22-20?. The Labute approximate surface area is 147 Å². The number of aromatic hydroxyl groups is 1. The zero-order valence-electron chi connectivity index (χ0n) is 14.4. The van der Waals surface area contributed by atoms with Crippen LogP contribution in [-0.4, -0.2) is 24.0 Å². The summed E-state index contributed by atoms with van der Waals surface area (Å²) in [4.78, 5) is 0. The Hall–Kier alpha value is -2.95. The summed E-state index contributed by atoms with van der Waals surface area (Å²) in [7, 11) is 0. The van der Waals surface area contributed by atoms with Gasteiger partial charge in [0.2, 0.25) is 0 Å². The van der Waals surface area contributed by atoms with Gasteiger partial charge in [-0.3, -0.25) is 5.41 Å². The van der Waals surface area contributed by atoms with Crippen molar-refractivity contribution >= 4 is 11.3 Å². The number of phenols is 1. The summed E-state index contributed by atoms with van der Waals surface area (Å²) in [5, 5.41) is 18.9. The second kappa shape index (κ2) is 6.89. The second-order valence-corrected chi connectivity index (χ2v) is 6.00. The van der Waals surface area contributed by atoms with Crippen LogP contribution in [0.25, 0.3) is 5.57 Å². The van der Waals surface area contributed by atoms with Crippen molar-refractivity contribution in [2.24, 2.45) is 5.73 Å². The Bertz CT molecular complexity index is 852. The fourth-order valence-corrected chi connectivity index (χ4v) is 2.91. The van der Waals surface area contributed by atoms with Crippen LogP contribution in [0.1, 0.15) is 30.5 Å². The molecule has 0 saturated carbocycles. The molecule has 1 heterocycles. The molecule has 0 spiro atoms. The normalized spacial score (nSPS) is 14.0. The minimum Gasteiger partial charge on any atom is -0.507 e. The van der Waals surface area contributed by atoms with E-state index in [1.54, 1.807) is 13.0 Å². The molecule has 0 bridgehead atoms. The van der Waals surface area contributed by atoms with Crippen molar-refractivity contribution in [3.05, 3.63) is 58.8 Å². The van der Waals surface area contributed by atoms with Gasteiger partial charge in [-0.25, -0.2) is 0 Å².